The Hall–Kier alpha value is -2.08. The number of aryl methyl sites for hydroxylation is 2. The molecule has 0 aliphatic carbocycles. The van der Waals surface area contributed by atoms with Crippen molar-refractivity contribution in [1.82, 2.24) is 14.9 Å². The zero-order valence-corrected chi connectivity index (χ0v) is 15.4. The highest BCUT2D eigenvalue weighted by Crippen LogP contribution is 2.27. The molecule has 1 aliphatic rings. The summed E-state index contributed by atoms with van der Waals surface area (Å²) in [5.74, 6) is 1.36. The lowest BCUT2D eigenvalue weighted by Crippen LogP contribution is -2.40. The van der Waals surface area contributed by atoms with Crippen LogP contribution in [0.15, 0.2) is 40.0 Å². The predicted octanol–water partition coefficient (Wildman–Crippen LogP) is 2.89. The maximum absolute atomic E-state index is 12.6. The Morgan fingerprint density at radius 3 is 2.92 bits per heavy atom. The Balaban J connectivity index is 1.63. The Kier molecular flexibility index (Phi) is 5.58. The summed E-state index contributed by atoms with van der Waals surface area (Å²) in [7, 11) is 0. The number of carbonyl (C=O) groups is 1. The number of benzene rings is 1. The van der Waals surface area contributed by atoms with E-state index >= 15 is 0 Å². The Morgan fingerprint density at radius 1 is 1.36 bits per heavy atom. The van der Waals surface area contributed by atoms with Crippen molar-refractivity contribution in [2.24, 2.45) is 0 Å². The largest absolute Gasteiger partial charge is 0.341 e. The van der Waals surface area contributed by atoms with Crippen LogP contribution in [0.2, 0.25) is 0 Å². The SMILES string of the molecule is Cc1nc(C2CCCN(C(=O)CSc3ccccc3C)C2)cc(=O)[nH]1. The minimum absolute atomic E-state index is 0.124. The van der Waals surface area contributed by atoms with E-state index in [1.165, 1.54) is 5.56 Å². The summed E-state index contributed by atoms with van der Waals surface area (Å²) < 4.78 is 0. The number of H-pyrrole nitrogens is 1. The standard InChI is InChI=1S/C19H23N3O2S/c1-13-6-3-4-8-17(13)25-12-19(24)22-9-5-7-15(11-22)16-10-18(23)21-14(2)20-16/h3-4,6,8,10,15H,5,7,9,11-12H2,1-2H3,(H,20,21,23). The third-order valence-corrected chi connectivity index (χ3v) is 5.68. The lowest BCUT2D eigenvalue weighted by atomic mass is 9.94. The average molecular weight is 357 g/mol. The molecule has 2 heterocycles. The number of hydrogen-bond acceptors (Lipinski definition) is 4. The third-order valence-electron chi connectivity index (χ3n) is 4.52. The molecule has 1 aromatic heterocycles. The summed E-state index contributed by atoms with van der Waals surface area (Å²) in [5, 5.41) is 0. The summed E-state index contributed by atoms with van der Waals surface area (Å²) in [6, 6.07) is 9.68. The second kappa shape index (κ2) is 7.87. The minimum Gasteiger partial charge on any atom is -0.341 e. The second-order valence-electron chi connectivity index (χ2n) is 6.49. The molecule has 25 heavy (non-hydrogen) atoms. The first-order valence-electron chi connectivity index (χ1n) is 8.57. The number of aromatic nitrogens is 2. The summed E-state index contributed by atoms with van der Waals surface area (Å²) in [4.78, 5) is 34.5. The van der Waals surface area contributed by atoms with Crippen LogP contribution in [-0.4, -0.2) is 39.6 Å². The molecule has 1 fully saturated rings. The molecule has 0 saturated carbocycles. The molecule has 1 aromatic carbocycles. The number of nitrogens with zero attached hydrogens (tertiary/aromatic N) is 2. The van der Waals surface area contributed by atoms with Crippen LogP contribution < -0.4 is 5.56 Å². The fourth-order valence-corrected chi connectivity index (χ4v) is 4.14. The van der Waals surface area contributed by atoms with Crippen molar-refractivity contribution in [3.05, 3.63) is 57.8 Å². The maximum Gasteiger partial charge on any atom is 0.251 e. The number of hydrogen-bond donors (Lipinski definition) is 1. The van der Waals surface area contributed by atoms with Crippen LogP contribution in [0.25, 0.3) is 0 Å². The van der Waals surface area contributed by atoms with E-state index < -0.39 is 0 Å². The first-order valence-corrected chi connectivity index (χ1v) is 9.55. The van der Waals surface area contributed by atoms with Crippen LogP contribution in [0.1, 0.15) is 35.8 Å². The summed E-state index contributed by atoms with van der Waals surface area (Å²) in [5.41, 5.74) is 1.87. The van der Waals surface area contributed by atoms with Gasteiger partial charge in [-0.3, -0.25) is 9.59 Å². The van der Waals surface area contributed by atoms with Gasteiger partial charge in [-0.15, -0.1) is 11.8 Å². The van der Waals surface area contributed by atoms with Gasteiger partial charge in [-0.2, -0.15) is 0 Å². The number of piperidine rings is 1. The highest BCUT2D eigenvalue weighted by Gasteiger charge is 2.26. The van der Waals surface area contributed by atoms with Crippen LogP contribution in [0, 0.1) is 13.8 Å². The predicted molar refractivity (Wildman–Crippen MR) is 100 cm³/mol. The lowest BCUT2D eigenvalue weighted by Gasteiger charge is -2.32. The molecule has 0 spiro atoms. The van der Waals surface area contributed by atoms with Crippen molar-refractivity contribution < 1.29 is 4.79 Å². The second-order valence-corrected chi connectivity index (χ2v) is 7.51. The molecule has 1 amide bonds. The first-order chi connectivity index (χ1) is 12.0. The van der Waals surface area contributed by atoms with Crippen LogP contribution in [0.5, 0.6) is 0 Å². The van der Waals surface area contributed by atoms with E-state index in [2.05, 4.69) is 29.0 Å². The molecule has 1 unspecified atom stereocenters. The smallest absolute Gasteiger partial charge is 0.251 e. The zero-order valence-electron chi connectivity index (χ0n) is 14.6. The molecule has 0 bridgehead atoms. The van der Waals surface area contributed by atoms with Crippen molar-refractivity contribution in [3.8, 4) is 0 Å². The van der Waals surface area contributed by atoms with Gasteiger partial charge in [0, 0.05) is 30.0 Å². The van der Waals surface area contributed by atoms with Crippen molar-refractivity contribution in [2.45, 2.75) is 37.5 Å². The normalized spacial score (nSPS) is 17.5. The molecular weight excluding hydrogens is 334 g/mol. The van der Waals surface area contributed by atoms with Crippen LogP contribution in [0.4, 0.5) is 0 Å². The van der Waals surface area contributed by atoms with Gasteiger partial charge in [0.2, 0.25) is 5.91 Å². The quantitative estimate of drug-likeness (QED) is 0.855. The molecule has 132 valence electrons. The van der Waals surface area contributed by atoms with E-state index in [1.807, 2.05) is 17.0 Å². The molecule has 1 aliphatic heterocycles. The van der Waals surface area contributed by atoms with Gasteiger partial charge in [0.25, 0.3) is 5.56 Å². The topological polar surface area (TPSA) is 66.1 Å². The molecule has 6 heteroatoms. The molecule has 5 nitrogen and oxygen atoms in total. The van der Waals surface area contributed by atoms with Gasteiger partial charge in [0.1, 0.15) is 5.82 Å². The van der Waals surface area contributed by atoms with E-state index in [4.69, 9.17) is 0 Å². The van der Waals surface area contributed by atoms with Gasteiger partial charge in [-0.25, -0.2) is 4.98 Å². The first kappa shape index (κ1) is 17.7. The number of thioether (sulfide) groups is 1. The van der Waals surface area contributed by atoms with Crippen molar-refractivity contribution in [1.29, 1.82) is 0 Å². The number of aromatic amines is 1. The fraction of sp³-hybridized carbons (Fsp3) is 0.421. The summed E-state index contributed by atoms with van der Waals surface area (Å²) >= 11 is 1.59. The summed E-state index contributed by atoms with van der Waals surface area (Å²) in [6.07, 6.45) is 1.91. The number of likely N-dealkylation sites (tertiary alicyclic amines) is 1. The van der Waals surface area contributed by atoms with Crippen molar-refractivity contribution in [2.75, 3.05) is 18.8 Å². The van der Waals surface area contributed by atoms with Gasteiger partial charge < -0.3 is 9.88 Å². The van der Waals surface area contributed by atoms with E-state index in [-0.39, 0.29) is 17.4 Å². The van der Waals surface area contributed by atoms with E-state index in [0.717, 1.165) is 30.0 Å². The molecular formula is C19H23N3O2S. The van der Waals surface area contributed by atoms with Crippen molar-refractivity contribution >= 4 is 17.7 Å². The Labute approximate surface area is 151 Å². The number of amides is 1. The van der Waals surface area contributed by atoms with Gasteiger partial charge in [0.05, 0.1) is 11.4 Å². The van der Waals surface area contributed by atoms with Crippen LogP contribution in [0.3, 0.4) is 0 Å². The van der Waals surface area contributed by atoms with E-state index in [0.29, 0.717) is 18.1 Å². The number of carbonyl (C=O) groups excluding carboxylic acids is 1. The van der Waals surface area contributed by atoms with E-state index in [1.54, 1.807) is 24.8 Å². The molecule has 1 atom stereocenters. The minimum atomic E-state index is -0.124. The Morgan fingerprint density at radius 2 is 2.16 bits per heavy atom. The monoisotopic (exact) mass is 357 g/mol. The molecule has 0 radical (unpaired) electrons. The lowest BCUT2D eigenvalue weighted by molar-refractivity contribution is -0.129. The fourth-order valence-electron chi connectivity index (χ4n) is 3.21. The van der Waals surface area contributed by atoms with Gasteiger partial charge >= 0.3 is 0 Å². The highest BCUT2D eigenvalue weighted by atomic mass is 32.2. The molecule has 2 aromatic rings. The maximum atomic E-state index is 12.6. The molecule has 1 N–H and O–H groups in total. The third kappa shape index (κ3) is 4.51. The summed E-state index contributed by atoms with van der Waals surface area (Å²) in [6.45, 7) is 5.27. The molecule has 1 saturated heterocycles. The van der Waals surface area contributed by atoms with E-state index in [9.17, 15) is 9.59 Å². The molecule has 3 rings (SSSR count). The van der Waals surface area contributed by atoms with Gasteiger partial charge in [0.15, 0.2) is 0 Å². The number of nitrogens with one attached hydrogen (secondary N) is 1. The van der Waals surface area contributed by atoms with Gasteiger partial charge in [-0.05, 0) is 38.3 Å². The van der Waals surface area contributed by atoms with Crippen LogP contribution >= 0.6 is 11.8 Å². The van der Waals surface area contributed by atoms with Gasteiger partial charge in [-0.1, -0.05) is 18.2 Å². The highest BCUT2D eigenvalue weighted by molar-refractivity contribution is 8.00. The Bertz CT molecular complexity index is 818. The number of rotatable bonds is 4. The van der Waals surface area contributed by atoms with Crippen LogP contribution in [-0.2, 0) is 4.79 Å². The van der Waals surface area contributed by atoms with Crippen molar-refractivity contribution in [3.63, 3.8) is 0 Å². The average Bonchev–Trinajstić information content (AvgIpc) is 2.60. The zero-order chi connectivity index (χ0) is 17.8.